The molecular formula is C13H8IN3O2. The van der Waals surface area contributed by atoms with Gasteiger partial charge in [0, 0.05) is 23.5 Å². The van der Waals surface area contributed by atoms with Crippen LogP contribution in [0.25, 0.3) is 22.8 Å². The third-order valence-electron chi connectivity index (χ3n) is 2.56. The topological polar surface area (TPSA) is 72.0 Å². The number of hydrogen-bond acceptors (Lipinski definition) is 5. The molecule has 0 bridgehead atoms. The summed E-state index contributed by atoms with van der Waals surface area (Å²) in [5.41, 5.74) is 1.52. The Labute approximate surface area is 122 Å². The second-order valence-electron chi connectivity index (χ2n) is 3.83. The van der Waals surface area contributed by atoms with Gasteiger partial charge in [0.2, 0.25) is 5.82 Å². The van der Waals surface area contributed by atoms with E-state index in [1.165, 1.54) is 0 Å². The highest BCUT2D eigenvalue weighted by Crippen LogP contribution is 2.27. The lowest BCUT2D eigenvalue weighted by atomic mass is 10.2. The molecule has 3 rings (SSSR count). The number of benzene rings is 1. The zero-order valence-electron chi connectivity index (χ0n) is 9.62. The van der Waals surface area contributed by atoms with Crippen LogP contribution in [0.15, 0.2) is 47.2 Å². The molecule has 6 heteroatoms. The quantitative estimate of drug-likeness (QED) is 0.707. The van der Waals surface area contributed by atoms with Crippen molar-refractivity contribution in [3.63, 3.8) is 0 Å². The second kappa shape index (κ2) is 4.96. The van der Waals surface area contributed by atoms with Crippen LogP contribution in [0.2, 0.25) is 0 Å². The summed E-state index contributed by atoms with van der Waals surface area (Å²) in [5, 5.41) is 13.6. The highest BCUT2D eigenvalue weighted by Gasteiger charge is 2.11. The first-order valence-electron chi connectivity index (χ1n) is 5.47. The number of halogens is 1. The molecular weight excluding hydrogens is 357 g/mol. The van der Waals surface area contributed by atoms with Crippen LogP contribution in [-0.2, 0) is 0 Å². The zero-order chi connectivity index (χ0) is 13.2. The Bertz CT molecular complexity index is 713. The molecule has 0 radical (unpaired) electrons. The zero-order valence-corrected chi connectivity index (χ0v) is 11.8. The average Bonchev–Trinajstić information content (AvgIpc) is 2.93. The molecule has 2 aromatic heterocycles. The normalized spacial score (nSPS) is 10.6. The number of rotatable bonds is 2. The van der Waals surface area contributed by atoms with E-state index >= 15 is 0 Å². The van der Waals surface area contributed by atoms with Gasteiger partial charge in [-0.25, -0.2) is 0 Å². The van der Waals surface area contributed by atoms with Crippen molar-refractivity contribution in [3.05, 3.63) is 46.3 Å². The summed E-state index contributed by atoms with van der Waals surface area (Å²) in [5.74, 6) is 1.07. The van der Waals surface area contributed by atoms with Crippen molar-refractivity contribution in [3.8, 4) is 28.6 Å². The number of aromatic hydroxyl groups is 1. The first-order valence-corrected chi connectivity index (χ1v) is 6.55. The third-order valence-corrected chi connectivity index (χ3v) is 3.47. The van der Waals surface area contributed by atoms with Crippen LogP contribution in [-0.4, -0.2) is 20.2 Å². The van der Waals surface area contributed by atoms with E-state index in [2.05, 4.69) is 37.7 Å². The standard InChI is InChI=1S/C13H8IN3O2/c14-10-2-1-9(7-11(10)18)13-16-12(17-19-13)8-3-5-15-6-4-8/h1-7,18H. The van der Waals surface area contributed by atoms with Crippen LogP contribution < -0.4 is 0 Å². The predicted octanol–water partition coefficient (Wildman–Crippen LogP) is 3.11. The van der Waals surface area contributed by atoms with Crippen molar-refractivity contribution in [2.45, 2.75) is 0 Å². The Kier molecular flexibility index (Phi) is 3.16. The van der Waals surface area contributed by atoms with Crippen LogP contribution >= 0.6 is 22.6 Å². The van der Waals surface area contributed by atoms with Gasteiger partial charge in [-0.2, -0.15) is 4.98 Å². The molecule has 3 aromatic rings. The van der Waals surface area contributed by atoms with Gasteiger partial charge in [-0.05, 0) is 52.9 Å². The van der Waals surface area contributed by atoms with Gasteiger partial charge in [0.15, 0.2) is 0 Å². The molecule has 0 aliphatic heterocycles. The molecule has 0 amide bonds. The van der Waals surface area contributed by atoms with E-state index < -0.39 is 0 Å². The van der Waals surface area contributed by atoms with Gasteiger partial charge < -0.3 is 9.63 Å². The molecule has 0 spiro atoms. The maximum atomic E-state index is 9.68. The number of phenolic OH excluding ortho intramolecular Hbond substituents is 1. The maximum Gasteiger partial charge on any atom is 0.258 e. The molecule has 0 saturated heterocycles. The molecule has 0 atom stereocenters. The molecule has 2 heterocycles. The fourth-order valence-electron chi connectivity index (χ4n) is 1.60. The van der Waals surface area contributed by atoms with Crippen molar-refractivity contribution >= 4 is 22.6 Å². The molecule has 0 unspecified atom stereocenters. The number of hydrogen-bond donors (Lipinski definition) is 1. The van der Waals surface area contributed by atoms with Crippen LogP contribution in [0.4, 0.5) is 0 Å². The van der Waals surface area contributed by atoms with Crippen LogP contribution in [0.1, 0.15) is 0 Å². The summed E-state index contributed by atoms with van der Waals surface area (Å²) in [6.45, 7) is 0. The van der Waals surface area contributed by atoms with E-state index in [1.807, 2.05) is 6.07 Å². The minimum Gasteiger partial charge on any atom is -0.507 e. The van der Waals surface area contributed by atoms with Gasteiger partial charge >= 0.3 is 0 Å². The summed E-state index contributed by atoms with van der Waals surface area (Å²) in [6, 6.07) is 8.83. The molecule has 1 aromatic carbocycles. The van der Waals surface area contributed by atoms with E-state index in [9.17, 15) is 5.11 Å². The highest BCUT2D eigenvalue weighted by molar-refractivity contribution is 14.1. The van der Waals surface area contributed by atoms with Crippen molar-refractivity contribution in [2.24, 2.45) is 0 Å². The summed E-state index contributed by atoms with van der Waals surface area (Å²) < 4.78 is 5.98. The fraction of sp³-hybridized carbons (Fsp3) is 0. The first kappa shape index (κ1) is 12.1. The van der Waals surface area contributed by atoms with Gasteiger partial charge in [-0.1, -0.05) is 5.16 Å². The Hall–Kier alpha value is -1.96. The molecule has 1 N–H and O–H groups in total. The van der Waals surface area contributed by atoms with Gasteiger partial charge in [0.1, 0.15) is 5.75 Å². The Balaban J connectivity index is 1.99. The minimum absolute atomic E-state index is 0.196. The Morgan fingerprint density at radius 3 is 2.58 bits per heavy atom. The largest absolute Gasteiger partial charge is 0.507 e. The Morgan fingerprint density at radius 2 is 1.84 bits per heavy atom. The van der Waals surface area contributed by atoms with E-state index in [1.54, 1.807) is 36.7 Å². The lowest BCUT2D eigenvalue weighted by Gasteiger charge is -1.98. The summed E-state index contributed by atoms with van der Waals surface area (Å²) in [6.07, 6.45) is 3.34. The number of aromatic nitrogens is 3. The van der Waals surface area contributed by atoms with Gasteiger partial charge in [-0.3, -0.25) is 4.98 Å². The molecule has 0 aliphatic carbocycles. The second-order valence-corrected chi connectivity index (χ2v) is 4.99. The van der Waals surface area contributed by atoms with E-state index in [-0.39, 0.29) is 5.75 Å². The van der Waals surface area contributed by atoms with Crippen molar-refractivity contribution in [1.82, 2.24) is 15.1 Å². The first-order chi connectivity index (χ1) is 9.24. The van der Waals surface area contributed by atoms with Gasteiger partial charge in [0.25, 0.3) is 5.89 Å². The minimum atomic E-state index is 0.196. The van der Waals surface area contributed by atoms with Crippen LogP contribution in [0, 0.1) is 3.57 Å². The summed E-state index contributed by atoms with van der Waals surface area (Å²) >= 11 is 2.05. The molecule has 19 heavy (non-hydrogen) atoms. The van der Waals surface area contributed by atoms with E-state index in [4.69, 9.17) is 4.52 Å². The van der Waals surface area contributed by atoms with Gasteiger partial charge in [0.05, 0.1) is 3.57 Å². The van der Waals surface area contributed by atoms with Crippen LogP contribution in [0.5, 0.6) is 5.75 Å². The lowest BCUT2D eigenvalue weighted by molar-refractivity contribution is 0.431. The van der Waals surface area contributed by atoms with Crippen molar-refractivity contribution in [2.75, 3.05) is 0 Å². The fourth-order valence-corrected chi connectivity index (χ4v) is 1.94. The summed E-state index contributed by atoms with van der Waals surface area (Å²) in [4.78, 5) is 8.24. The smallest absolute Gasteiger partial charge is 0.258 e. The SMILES string of the molecule is Oc1cc(-c2nc(-c3ccncc3)no2)ccc1I. The molecule has 5 nitrogen and oxygen atoms in total. The molecule has 0 aliphatic rings. The predicted molar refractivity (Wildman–Crippen MR) is 77.3 cm³/mol. The van der Waals surface area contributed by atoms with E-state index in [0.29, 0.717) is 17.3 Å². The van der Waals surface area contributed by atoms with Crippen LogP contribution in [0.3, 0.4) is 0 Å². The van der Waals surface area contributed by atoms with E-state index in [0.717, 1.165) is 9.13 Å². The van der Waals surface area contributed by atoms with Gasteiger partial charge in [-0.15, -0.1) is 0 Å². The maximum absolute atomic E-state index is 9.68. The highest BCUT2D eigenvalue weighted by atomic mass is 127. The lowest BCUT2D eigenvalue weighted by Crippen LogP contribution is -1.82. The van der Waals surface area contributed by atoms with Crippen molar-refractivity contribution in [1.29, 1.82) is 0 Å². The van der Waals surface area contributed by atoms with Crippen molar-refractivity contribution < 1.29 is 9.63 Å². The number of pyridine rings is 1. The molecule has 94 valence electrons. The molecule has 0 fully saturated rings. The monoisotopic (exact) mass is 365 g/mol. The Morgan fingerprint density at radius 1 is 1.05 bits per heavy atom. The number of phenols is 1. The molecule has 0 saturated carbocycles. The number of nitrogens with zero attached hydrogens (tertiary/aromatic N) is 3. The summed E-state index contributed by atoms with van der Waals surface area (Å²) in [7, 11) is 0. The third kappa shape index (κ3) is 2.43. The average molecular weight is 365 g/mol.